The maximum Gasteiger partial charge on any atom is 0.337 e. The minimum absolute atomic E-state index is 0.0480. The summed E-state index contributed by atoms with van der Waals surface area (Å²) in [5.74, 6) is -0.413. The molecule has 2 aromatic carbocycles. The van der Waals surface area contributed by atoms with Gasteiger partial charge < -0.3 is 14.8 Å². The van der Waals surface area contributed by atoms with Crippen LogP contribution in [0.1, 0.15) is 33.6 Å². The zero-order valence-electron chi connectivity index (χ0n) is 15.7. The third-order valence-corrected chi connectivity index (χ3v) is 4.29. The molecular formula is C21H23N3O4. The summed E-state index contributed by atoms with van der Waals surface area (Å²) in [6, 6.07) is 15.7. The number of carbonyl (C=O) groups is 2. The van der Waals surface area contributed by atoms with Crippen molar-refractivity contribution in [3.63, 3.8) is 0 Å². The van der Waals surface area contributed by atoms with Gasteiger partial charge in [-0.25, -0.2) is 9.79 Å². The van der Waals surface area contributed by atoms with Gasteiger partial charge in [0.2, 0.25) is 5.96 Å². The van der Waals surface area contributed by atoms with E-state index >= 15 is 0 Å². The highest BCUT2D eigenvalue weighted by Crippen LogP contribution is 2.14. The Hall–Kier alpha value is -3.19. The summed E-state index contributed by atoms with van der Waals surface area (Å²) in [5, 5.41) is 5.87. The number of amides is 1. The number of rotatable bonds is 5. The van der Waals surface area contributed by atoms with Gasteiger partial charge in [0.15, 0.2) is 0 Å². The molecule has 0 saturated carbocycles. The number of carbonyl (C=O) groups excluding carboxylic acids is 2. The summed E-state index contributed by atoms with van der Waals surface area (Å²) in [7, 11) is 1.33. The molecule has 1 aliphatic rings. The number of guanidine groups is 1. The molecule has 1 amide bonds. The highest BCUT2D eigenvalue weighted by molar-refractivity contribution is 6.10. The van der Waals surface area contributed by atoms with E-state index in [0.29, 0.717) is 29.3 Å². The molecule has 0 aromatic heterocycles. The molecule has 146 valence electrons. The third kappa shape index (κ3) is 5.40. The number of anilines is 1. The topological polar surface area (TPSA) is 89.0 Å². The van der Waals surface area contributed by atoms with Crippen molar-refractivity contribution in [3.05, 3.63) is 65.7 Å². The van der Waals surface area contributed by atoms with Gasteiger partial charge in [0, 0.05) is 17.9 Å². The summed E-state index contributed by atoms with van der Waals surface area (Å²) in [6.45, 7) is 1.18. The van der Waals surface area contributed by atoms with Gasteiger partial charge >= 0.3 is 5.97 Å². The smallest absolute Gasteiger partial charge is 0.337 e. The van der Waals surface area contributed by atoms with Gasteiger partial charge in [0.1, 0.15) is 0 Å². The van der Waals surface area contributed by atoms with Crippen LogP contribution in [0.25, 0.3) is 0 Å². The lowest BCUT2D eigenvalue weighted by Gasteiger charge is -2.14. The normalized spacial score (nSPS) is 16.5. The highest BCUT2D eigenvalue weighted by Gasteiger charge is 2.16. The summed E-state index contributed by atoms with van der Waals surface area (Å²) in [6.07, 6.45) is 2.01. The van der Waals surface area contributed by atoms with E-state index in [1.807, 2.05) is 6.07 Å². The molecule has 28 heavy (non-hydrogen) atoms. The van der Waals surface area contributed by atoms with Crippen molar-refractivity contribution < 1.29 is 19.1 Å². The Bertz CT molecular complexity index is 846. The van der Waals surface area contributed by atoms with E-state index in [2.05, 4.69) is 15.6 Å². The van der Waals surface area contributed by atoms with E-state index in [-0.39, 0.29) is 12.0 Å². The molecule has 1 fully saturated rings. The molecule has 1 atom stereocenters. The van der Waals surface area contributed by atoms with Crippen LogP contribution in [0.15, 0.2) is 59.6 Å². The predicted molar refractivity (Wildman–Crippen MR) is 107 cm³/mol. The van der Waals surface area contributed by atoms with Gasteiger partial charge in [-0.2, -0.15) is 0 Å². The number of hydrogen-bond acceptors (Lipinski definition) is 5. The highest BCUT2D eigenvalue weighted by atomic mass is 16.5. The van der Waals surface area contributed by atoms with E-state index in [0.717, 1.165) is 19.4 Å². The van der Waals surface area contributed by atoms with Crippen LogP contribution in [0.4, 0.5) is 5.69 Å². The van der Waals surface area contributed by atoms with E-state index in [1.54, 1.807) is 48.5 Å². The molecular weight excluding hydrogens is 358 g/mol. The predicted octanol–water partition coefficient (Wildman–Crippen LogP) is 2.85. The summed E-state index contributed by atoms with van der Waals surface area (Å²) < 4.78 is 10.3. The largest absolute Gasteiger partial charge is 0.465 e. The Morgan fingerprint density at radius 1 is 1.14 bits per heavy atom. The SMILES string of the molecule is COC(=O)c1cccc(NC(=NC[C@@H]2CCCO2)NC(=O)c2ccccc2)c1. The van der Waals surface area contributed by atoms with Crippen LogP contribution in [0.3, 0.4) is 0 Å². The number of hydrogen-bond donors (Lipinski definition) is 2. The monoisotopic (exact) mass is 381 g/mol. The molecule has 0 aliphatic carbocycles. The first-order valence-corrected chi connectivity index (χ1v) is 9.13. The first-order valence-electron chi connectivity index (χ1n) is 9.13. The van der Waals surface area contributed by atoms with Gasteiger partial charge in [0.05, 0.1) is 25.3 Å². The first kappa shape index (κ1) is 19.6. The van der Waals surface area contributed by atoms with Gasteiger partial charge in [0.25, 0.3) is 5.91 Å². The minimum atomic E-state index is -0.435. The average Bonchev–Trinajstić information content (AvgIpc) is 3.26. The average molecular weight is 381 g/mol. The Labute approximate surface area is 163 Å². The fraction of sp³-hybridized carbons (Fsp3) is 0.286. The van der Waals surface area contributed by atoms with Crippen molar-refractivity contribution in [3.8, 4) is 0 Å². The molecule has 0 bridgehead atoms. The molecule has 0 radical (unpaired) electrons. The molecule has 2 aromatic rings. The molecule has 3 rings (SSSR count). The van der Waals surface area contributed by atoms with E-state index < -0.39 is 5.97 Å². The Kier molecular flexibility index (Phi) is 6.75. The second-order valence-corrected chi connectivity index (χ2v) is 6.34. The zero-order valence-corrected chi connectivity index (χ0v) is 15.7. The number of benzene rings is 2. The summed E-state index contributed by atoms with van der Waals surface area (Å²) >= 11 is 0. The standard InChI is InChI=1S/C21H23N3O4/c1-27-20(26)16-9-5-10-17(13-16)23-21(22-14-18-11-6-12-28-18)24-19(25)15-7-3-2-4-8-15/h2-5,7-10,13,18H,6,11-12,14H2,1H3,(H2,22,23,24,25)/t18-/m0/s1. The van der Waals surface area contributed by atoms with E-state index in [4.69, 9.17) is 9.47 Å². The van der Waals surface area contributed by atoms with Crippen LogP contribution in [-0.2, 0) is 9.47 Å². The first-order chi connectivity index (χ1) is 13.7. The lowest BCUT2D eigenvalue weighted by atomic mass is 10.2. The zero-order chi connectivity index (χ0) is 19.8. The Morgan fingerprint density at radius 2 is 1.93 bits per heavy atom. The van der Waals surface area contributed by atoms with Crippen LogP contribution in [-0.4, -0.2) is 44.2 Å². The fourth-order valence-electron chi connectivity index (χ4n) is 2.84. The maximum atomic E-state index is 12.5. The van der Waals surface area contributed by atoms with E-state index in [1.165, 1.54) is 7.11 Å². The van der Waals surface area contributed by atoms with Crippen molar-refractivity contribution in [2.75, 3.05) is 25.6 Å². The number of nitrogens with one attached hydrogen (secondary N) is 2. The van der Waals surface area contributed by atoms with Crippen LogP contribution >= 0.6 is 0 Å². The molecule has 2 N–H and O–H groups in total. The molecule has 1 heterocycles. The van der Waals surface area contributed by atoms with Crippen LogP contribution in [0, 0.1) is 0 Å². The molecule has 0 spiro atoms. The second-order valence-electron chi connectivity index (χ2n) is 6.34. The molecule has 0 unspecified atom stereocenters. The number of methoxy groups -OCH3 is 1. The lowest BCUT2D eigenvalue weighted by molar-refractivity contribution is 0.0600. The van der Waals surface area contributed by atoms with Crippen molar-refractivity contribution in [1.29, 1.82) is 0 Å². The number of aliphatic imine (C=N–C) groups is 1. The minimum Gasteiger partial charge on any atom is -0.465 e. The molecule has 1 aliphatic heterocycles. The van der Waals surface area contributed by atoms with Gasteiger partial charge in [-0.3, -0.25) is 10.1 Å². The quantitative estimate of drug-likeness (QED) is 0.472. The maximum absolute atomic E-state index is 12.5. The lowest BCUT2D eigenvalue weighted by Crippen LogP contribution is -2.36. The van der Waals surface area contributed by atoms with Crippen molar-refractivity contribution >= 4 is 23.5 Å². The van der Waals surface area contributed by atoms with Crippen LogP contribution < -0.4 is 10.6 Å². The summed E-state index contributed by atoms with van der Waals surface area (Å²) in [5.41, 5.74) is 1.54. The Morgan fingerprint density at radius 3 is 2.64 bits per heavy atom. The van der Waals surface area contributed by atoms with Crippen molar-refractivity contribution in [1.82, 2.24) is 5.32 Å². The molecule has 7 heteroatoms. The number of nitrogens with zero attached hydrogens (tertiary/aromatic N) is 1. The van der Waals surface area contributed by atoms with Gasteiger partial charge in [-0.1, -0.05) is 24.3 Å². The third-order valence-electron chi connectivity index (χ3n) is 4.29. The van der Waals surface area contributed by atoms with Gasteiger partial charge in [-0.15, -0.1) is 0 Å². The fourth-order valence-corrected chi connectivity index (χ4v) is 2.84. The number of ether oxygens (including phenoxy) is 2. The van der Waals surface area contributed by atoms with Crippen LogP contribution in [0.5, 0.6) is 0 Å². The Balaban J connectivity index is 1.76. The van der Waals surface area contributed by atoms with Gasteiger partial charge in [-0.05, 0) is 43.2 Å². The summed E-state index contributed by atoms with van der Waals surface area (Å²) in [4.78, 5) is 28.8. The molecule has 7 nitrogen and oxygen atoms in total. The van der Waals surface area contributed by atoms with E-state index in [9.17, 15) is 9.59 Å². The number of esters is 1. The van der Waals surface area contributed by atoms with Crippen molar-refractivity contribution in [2.45, 2.75) is 18.9 Å². The van der Waals surface area contributed by atoms with Crippen LogP contribution in [0.2, 0.25) is 0 Å². The van der Waals surface area contributed by atoms with Crippen molar-refractivity contribution in [2.24, 2.45) is 4.99 Å². The molecule has 1 saturated heterocycles. The second kappa shape index (κ2) is 9.66.